The van der Waals surface area contributed by atoms with Crippen LogP contribution in [0.15, 0.2) is 124 Å². The zero-order valence-corrected chi connectivity index (χ0v) is 24.8. The molecule has 0 saturated carbocycles. The number of para-hydroxylation sites is 1. The number of hydrogen-bond donors (Lipinski definition) is 1. The molecule has 9 heteroatoms. The zero-order chi connectivity index (χ0) is 30.6. The average molecular weight is 606 g/mol. The van der Waals surface area contributed by atoms with Crippen molar-refractivity contribution in [1.82, 2.24) is 4.57 Å². The number of amides is 1. The number of benzene rings is 4. The van der Waals surface area contributed by atoms with E-state index in [-0.39, 0.29) is 5.56 Å². The fraction of sp³-hybridized carbons (Fsp3) is 0.114. The Morgan fingerprint density at radius 3 is 2.39 bits per heavy atom. The molecule has 220 valence electrons. The third-order valence-electron chi connectivity index (χ3n) is 7.21. The second-order valence-electron chi connectivity index (χ2n) is 10.1. The molecule has 1 atom stereocenters. The lowest BCUT2D eigenvalue weighted by atomic mass is 9.95. The van der Waals surface area contributed by atoms with Gasteiger partial charge in [0.1, 0.15) is 12.4 Å². The van der Waals surface area contributed by atoms with E-state index < -0.39 is 17.8 Å². The van der Waals surface area contributed by atoms with Gasteiger partial charge in [0.15, 0.2) is 16.3 Å². The summed E-state index contributed by atoms with van der Waals surface area (Å²) in [6, 6.07) is 29.4. The molecule has 0 spiro atoms. The van der Waals surface area contributed by atoms with Gasteiger partial charge in [0.2, 0.25) is 0 Å². The van der Waals surface area contributed by atoms with Crippen molar-refractivity contribution >= 4 is 29.0 Å². The Labute approximate surface area is 256 Å². The highest BCUT2D eigenvalue weighted by Crippen LogP contribution is 2.32. The maximum atomic E-state index is 14.0. The molecule has 1 N–H and O–H groups in total. The number of ether oxygens (including phenoxy) is 2. The van der Waals surface area contributed by atoms with Gasteiger partial charge in [-0.2, -0.15) is 0 Å². The molecule has 1 amide bonds. The highest BCUT2D eigenvalue weighted by molar-refractivity contribution is 7.07. The fourth-order valence-electron chi connectivity index (χ4n) is 5.07. The Balaban J connectivity index is 1.39. The van der Waals surface area contributed by atoms with E-state index in [9.17, 15) is 14.0 Å². The molecule has 44 heavy (non-hydrogen) atoms. The fourth-order valence-corrected chi connectivity index (χ4v) is 6.12. The molecule has 1 unspecified atom stereocenters. The number of hydrogen-bond acceptors (Lipinski definition) is 6. The normalized spacial score (nSPS) is 14.5. The molecule has 0 radical (unpaired) electrons. The molecule has 1 aliphatic heterocycles. The van der Waals surface area contributed by atoms with Crippen molar-refractivity contribution in [2.75, 3.05) is 12.4 Å². The Morgan fingerprint density at radius 2 is 1.68 bits per heavy atom. The third-order valence-corrected chi connectivity index (χ3v) is 8.19. The van der Waals surface area contributed by atoms with Crippen LogP contribution in [-0.4, -0.2) is 17.6 Å². The molecule has 0 fully saturated rings. The van der Waals surface area contributed by atoms with E-state index in [0.717, 1.165) is 11.1 Å². The second-order valence-corrected chi connectivity index (χ2v) is 11.1. The Bertz CT molecular complexity index is 2040. The smallest absolute Gasteiger partial charge is 0.271 e. The lowest BCUT2D eigenvalue weighted by Gasteiger charge is -2.25. The van der Waals surface area contributed by atoms with Crippen molar-refractivity contribution in [2.24, 2.45) is 4.99 Å². The van der Waals surface area contributed by atoms with E-state index in [1.54, 1.807) is 50.4 Å². The molecule has 4 aromatic carbocycles. The SMILES string of the molecule is COc1cc(/C=c2\sc3n(c2=O)C(c2ccc(F)cc2)C(C(=O)Nc2ccccc2)=C(C)N=3)ccc1OCc1ccccc1. The largest absolute Gasteiger partial charge is 0.493 e. The topological polar surface area (TPSA) is 81.9 Å². The number of carbonyl (C=O) groups is 1. The molecule has 7 nitrogen and oxygen atoms in total. The van der Waals surface area contributed by atoms with Crippen molar-refractivity contribution in [3.63, 3.8) is 0 Å². The standard InChI is InChI=1S/C35H28FN3O4S/c1-22-31(33(40)38-27-11-7-4-8-12-27)32(25-14-16-26(36)17-15-25)39-34(41)30(44-35(39)37-22)20-24-13-18-28(29(19-24)42-2)43-21-23-9-5-3-6-10-23/h3-20,32H,21H2,1-2H3,(H,38,40)/b30-20-. The van der Waals surface area contributed by atoms with Crippen molar-refractivity contribution in [2.45, 2.75) is 19.6 Å². The van der Waals surface area contributed by atoms with Crippen molar-refractivity contribution < 1.29 is 18.7 Å². The van der Waals surface area contributed by atoms with Crippen molar-refractivity contribution in [3.8, 4) is 11.5 Å². The van der Waals surface area contributed by atoms with Crippen LogP contribution in [0, 0.1) is 5.82 Å². The van der Waals surface area contributed by atoms with E-state index in [1.165, 1.54) is 28.0 Å². The molecule has 0 bridgehead atoms. The Hall–Kier alpha value is -5.28. The van der Waals surface area contributed by atoms with Gasteiger partial charge in [-0.1, -0.05) is 78.1 Å². The van der Waals surface area contributed by atoms with E-state index in [2.05, 4.69) is 10.3 Å². The minimum absolute atomic E-state index is 0.306. The molecule has 6 rings (SSSR count). The number of nitrogens with zero attached hydrogens (tertiary/aromatic N) is 2. The van der Waals surface area contributed by atoms with Gasteiger partial charge in [-0.3, -0.25) is 14.2 Å². The van der Waals surface area contributed by atoms with Crippen LogP contribution in [0.3, 0.4) is 0 Å². The summed E-state index contributed by atoms with van der Waals surface area (Å²) < 4.78 is 27.4. The maximum absolute atomic E-state index is 14.0. The van der Waals surface area contributed by atoms with Gasteiger partial charge in [-0.25, -0.2) is 9.38 Å². The average Bonchev–Trinajstić information content (AvgIpc) is 3.34. The monoisotopic (exact) mass is 605 g/mol. The number of allylic oxidation sites excluding steroid dienone is 1. The molecule has 1 aromatic heterocycles. The first-order valence-corrected chi connectivity index (χ1v) is 14.7. The first kappa shape index (κ1) is 28.8. The van der Waals surface area contributed by atoms with Crippen LogP contribution < -0.4 is 29.7 Å². The zero-order valence-electron chi connectivity index (χ0n) is 24.0. The number of halogens is 1. The van der Waals surface area contributed by atoms with Gasteiger partial charge in [-0.15, -0.1) is 0 Å². The number of rotatable bonds is 8. The van der Waals surface area contributed by atoms with Crippen LogP contribution in [0.1, 0.15) is 29.7 Å². The molecule has 5 aromatic rings. The van der Waals surface area contributed by atoms with Crippen LogP contribution in [0.25, 0.3) is 6.08 Å². The number of thiazole rings is 1. The molecule has 0 saturated heterocycles. The van der Waals surface area contributed by atoms with E-state index >= 15 is 0 Å². The summed E-state index contributed by atoms with van der Waals surface area (Å²) in [5.41, 5.74) is 3.43. The maximum Gasteiger partial charge on any atom is 0.271 e. The van der Waals surface area contributed by atoms with Gasteiger partial charge in [-0.05, 0) is 66.1 Å². The van der Waals surface area contributed by atoms with Gasteiger partial charge in [0.25, 0.3) is 11.5 Å². The summed E-state index contributed by atoms with van der Waals surface area (Å²) >= 11 is 1.22. The summed E-state index contributed by atoms with van der Waals surface area (Å²) in [5, 5.41) is 2.91. The molecular formula is C35H28FN3O4S. The molecule has 1 aliphatic rings. The second kappa shape index (κ2) is 12.5. The minimum Gasteiger partial charge on any atom is -0.493 e. The van der Waals surface area contributed by atoms with Crippen LogP contribution >= 0.6 is 11.3 Å². The number of fused-ring (bicyclic) bond motifs is 1. The number of anilines is 1. The van der Waals surface area contributed by atoms with Crippen LogP contribution in [0.2, 0.25) is 0 Å². The molecular weight excluding hydrogens is 577 g/mol. The highest BCUT2D eigenvalue weighted by Gasteiger charge is 2.32. The first-order valence-electron chi connectivity index (χ1n) is 13.9. The lowest BCUT2D eigenvalue weighted by molar-refractivity contribution is -0.113. The number of carbonyl (C=O) groups excluding carboxylic acids is 1. The molecule has 0 aliphatic carbocycles. The van der Waals surface area contributed by atoms with Crippen molar-refractivity contribution in [1.29, 1.82) is 0 Å². The predicted molar refractivity (Wildman–Crippen MR) is 169 cm³/mol. The molecule has 2 heterocycles. The lowest BCUT2D eigenvalue weighted by Crippen LogP contribution is -2.40. The minimum atomic E-state index is -0.805. The van der Waals surface area contributed by atoms with Gasteiger partial charge in [0, 0.05) is 5.69 Å². The Kier molecular flexibility index (Phi) is 8.21. The third kappa shape index (κ3) is 5.95. The summed E-state index contributed by atoms with van der Waals surface area (Å²) in [7, 11) is 1.57. The summed E-state index contributed by atoms with van der Waals surface area (Å²) in [4.78, 5) is 32.7. The van der Waals surface area contributed by atoms with Gasteiger partial charge >= 0.3 is 0 Å². The number of aromatic nitrogens is 1. The van der Waals surface area contributed by atoms with Crippen LogP contribution in [0.4, 0.5) is 10.1 Å². The Morgan fingerprint density at radius 1 is 0.977 bits per heavy atom. The van der Waals surface area contributed by atoms with Crippen molar-refractivity contribution in [3.05, 3.63) is 157 Å². The summed E-state index contributed by atoms with van der Waals surface area (Å²) in [6.07, 6.45) is 1.76. The number of methoxy groups -OCH3 is 1. The summed E-state index contributed by atoms with van der Waals surface area (Å²) in [5.74, 6) is 0.303. The van der Waals surface area contributed by atoms with E-state index in [1.807, 2.05) is 60.7 Å². The van der Waals surface area contributed by atoms with E-state index in [4.69, 9.17) is 9.47 Å². The van der Waals surface area contributed by atoms with Crippen LogP contribution in [-0.2, 0) is 11.4 Å². The quantitative estimate of drug-likeness (QED) is 0.250. The summed E-state index contributed by atoms with van der Waals surface area (Å²) in [6.45, 7) is 2.13. The predicted octanol–water partition coefficient (Wildman–Crippen LogP) is 5.60. The number of nitrogens with one attached hydrogen (secondary N) is 1. The van der Waals surface area contributed by atoms with Gasteiger partial charge < -0.3 is 14.8 Å². The van der Waals surface area contributed by atoms with E-state index in [0.29, 0.717) is 50.0 Å². The first-order chi connectivity index (χ1) is 21.4. The van der Waals surface area contributed by atoms with Crippen LogP contribution in [0.5, 0.6) is 11.5 Å². The van der Waals surface area contributed by atoms with Gasteiger partial charge in [0.05, 0.1) is 29.0 Å². The highest BCUT2D eigenvalue weighted by atomic mass is 32.1.